The number of nitrogens with one attached hydrogen (secondary N) is 1. The van der Waals surface area contributed by atoms with Crippen LogP contribution in [0, 0.1) is 13.8 Å². The van der Waals surface area contributed by atoms with E-state index in [0.717, 1.165) is 11.3 Å². The fourth-order valence-electron chi connectivity index (χ4n) is 1.53. The zero-order valence-electron chi connectivity index (χ0n) is 9.49. The van der Waals surface area contributed by atoms with Gasteiger partial charge in [-0.15, -0.1) is 0 Å². The molecule has 0 amide bonds. The predicted octanol–water partition coefficient (Wildman–Crippen LogP) is 3.02. The fourth-order valence-corrected chi connectivity index (χ4v) is 1.53. The number of hydrogen-bond acceptors (Lipinski definition) is 3. The van der Waals surface area contributed by atoms with Gasteiger partial charge in [0, 0.05) is 11.9 Å². The molecule has 0 saturated carbocycles. The van der Waals surface area contributed by atoms with Gasteiger partial charge in [0.05, 0.1) is 5.69 Å². The van der Waals surface area contributed by atoms with Crippen molar-refractivity contribution < 1.29 is 0 Å². The molecule has 0 spiro atoms. The summed E-state index contributed by atoms with van der Waals surface area (Å²) in [6, 6.07) is 10.0. The average Bonchev–Trinajstić information content (AvgIpc) is 2.25. The predicted molar refractivity (Wildman–Crippen MR) is 67.8 cm³/mol. The van der Waals surface area contributed by atoms with E-state index in [-0.39, 0.29) is 0 Å². The van der Waals surface area contributed by atoms with Crippen LogP contribution in [0.15, 0.2) is 36.5 Å². The van der Waals surface area contributed by atoms with Crippen molar-refractivity contribution in [1.82, 2.24) is 4.98 Å². The van der Waals surface area contributed by atoms with E-state index in [1.165, 1.54) is 5.56 Å². The molecule has 0 atom stereocenters. The van der Waals surface area contributed by atoms with Gasteiger partial charge in [0.15, 0.2) is 5.82 Å². The largest absolute Gasteiger partial charge is 0.396 e. The second kappa shape index (κ2) is 4.23. The van der Waals surface area contributed by atoms with Gasteiger partial charge in [0.25, 0.3) is 0 Å². The Labute approximate surface area is 95.3 Å². The number of nitrogens with two attached hydrogens (primary N) is 1. The molecule has 0 aliphatic rings. The summed E-state index contributed by atoms with van der Waals surface area (Å²) in [5, 5.41) is 3.22. The Hall–Kier alpha value is -2.03. The summed E-state index contributed by atoms with van der Waals surface area (Å²) >= 11 is 0. The Kier molecular flexibility index (Phi) is 2.77. The SMILES string of the molecule is Cc1cccc(Nc2nccc(C)c2N)c1. The van der Waals surface area contributed by atoms with Gasteiger partial charge in [0.2, 0.25) is 0 Å². The van der Waals surface area contributed by atoms with Crippen molar-refractivity contribution in [1.29, 1.82) is 0 Å². The first-order valence-electron chi connectivity index (χ1n) is 5.21. The minimum atomic E-state index is 0.698. The van der Waals surface area contributed by atoms with Gasteiger partial charge in [-0.25, -0.2) is 4.98 Å². The smallest absolute Gasteiger partial charge is 0.153 e. The zero-order valence-corrected chi connectivity index (χ0v) is 9.49. The van der Waals surface area contributed by atoms with Crippen LogP contribution in [-0.2, 0) is 0 Å². The number of rotatable bonds is 2. The van der Waals surface area contributed by atoms with E-state index in [4.69, 9.17) is 5.73 Å². The summed E-state index contributed by atoms with van der Waals surface area (Å²) in [6.07, 6.45) is 1.75. The molecule has 1 heterocycles. The van der Waals surface area contributed by atoms with E-state index in [1.807, 2.05) is 25.1 Å². The molecule has 0 aliphatic heterocycles. The first-order valence-corrected chi connectivity index (χ1v) is 5.21. The highest BCUT2D eigenvalue weighted by atomic mass is 15.0. The number of pyridine rings is 1. The number of nitrogens with zero attached hydrogens (tertiary/aromatic N) is 1. The van der Waals surface area contributed by atoms with Crippen LogP contribution in [0.5, 0.6) is 0 Å². The third-order valence-corrected chi connectivity index (χ3v) is 2.49. The molecule has 0 fully saturated rings. The van der Waals surface area contributed by atoms with Gasteiger partial charge in [-0.1, -0.05) is 12.1 Å². The molecule has 16 heavy (non-hydrogen) atoms. The quantitative estimate of drug-likeness (QED) is 0.806. The zero-order chi connectivity index (χ0) is 11.5. The van der Waals surface area contributed by atoms with E-state index < -0.39 is 0 Å². The number of benzene rings is 1. The van der Waals surface area contributed by atoms with Crippen LogP contribution in [0.25, 0.3) is 0 Å². The van der Waals surface area contributed by atoms with Crippen molar-refractivity contribution in [2.24, 2.45) is 0 Å². The van der Waals surface area contributed by atoms with Crippen LogP contribution < -0.4 is 11.1 Å². The second-order valence-electron chi connectivity index (χ2n) is 3.88. The van der Waals surface area contributed by atoms with Crippen molar-refractivity contribution in [2.75, 3.05) is 11.1 Å². The van der Waals surface area contributed by atoms with E-state index in [0.29, 0.717) is 11.5 Å². The summed E-state index contributed by atoms with van der Waals surface area (Å²) in [6.45, 7) is 4.02. The van der Waals surface area contributed by atoms with Crippen LogP contribution in [0.4, 0.5) is 17.2 Å². The molecule has 82 valence electrons. The lowest BCUT2D eigenvalue weighted by atomic mass is 10.2. The van der Waals surface area contributed by atoms with Gasteiger partial charge in [-0.2, -0.15) is 0 Å². The van der Waals surface area contributed by atoms with E-state index in [1.54, 1.807) is 6.20 Å². The minimum absolute atomic E-state index is 0.698. The summed E-state index contributed by atoms with van der Waals surface area (Å²) < 4.78 is 0. The normalized spacial score (nSPS) is 10.1. The Balaban J connectivity index is 2.31. The number of nitrogen functional groups attached to an aromatic ring is 1. The van der Waals surface area contributed by atoms with E-state index >= 15 is 0 Å². The maximum Gasteiger partial charge on any atom is 0.153 e. The lowest BCUT2D eigenvalue weighted by Crippen LogP contribution is -2.00. The number of anilines is 3. The second-order valence-corrected chi connectivity index (χ2v) is 3.88. The molecular formula is C13H15N3. The van der Waals surface area contributed by atoms with Crippen molar-refractivity contribution in [3.05, 3.63) is 47.7 Å². The molecule has 0 bridgehead atoms. The van der Waals surface area contributed by atoms with Crippen LogP contribution >= 0.6 is 0 Å². The molecule has 1 aromatic carbocycles. The maximum atomic E-state index is 5.94. The van der Waals surface area contributed by atoms with Gasteiger partial charge < -0.3 is 11.1 Å². The van der Waals surface area contributed by atoms with Gasteiger partial charge in [0.1, 0.15) is 0 Å². The van der Waals surface area contributed by atoms with Crippen LogP contribution in [-0.4, -0.2) is 4.98 Å². The lowest BCUT2D eigenvalue weighted by Gasteiger charge is -2.10. The monoisotopic (exact) mass is 213 g/mol. The van der Waals surface area contributed by atoms with Gasteiger partial charge in [-0.05, 0) is 43.2 Å². The topological polar surface area (TPSA) is 50.9 Å². The van der Waals surface area contributed by atoms with Gasteiger partial charge >= 0.3 is 0 Å². The highest BCUT2D eigenvalue weighted by molar-refractivity contribution is 5.71. The molecular weight excluding hydrogens is 198 g/mol. The number of aryl methyl sites for hydroxylation is 2. The van der Waals surface area contributed by atoms with Crippen molar-refractivity contribution in [3.8, 4) is 0 Å². The Bertz CT molecular complexity index is 506. The summed E-state index contributed by atoms with van der Waals surface area (Å²) in [5.74, 6) is 0.714. The standard InChI is InChI=1S/C13H15N3/c1-9-4-3-5-11(8-9)16-13-12(14)10(2)6-7-15-13/h3-8H,14H2,1-2H3,(H,15,16). The van der Waals surface area contributed by atoms with Crippen molar-refractivity contribution >= 4 is 17.2 Å². The molecule has 3 N–H and O–H groups in total. The van der Waals surface area contributed by atoms with Crippen LogP contribution in [0.2, 0.25) is 0 Å². The number of aromatic nitrogens is 1. The molecule has 0 aliphatic carbocycles. The highest BCUT2D eigenvalue weighted by Crippen LogP contribution is 2.23. The first-order chi connectivity index (χ1) is 7.66. The van der Waals surface area contributed by atoms with E-state index in [9.17, 15) is 0 Å². The fraction of sp³-hybridized carbons (Fsp3) is 0.154. The Morgan fingerprint density at radius 3 is 2.75 bits per heavy atom. The summed E-state index contributed by atoms with van der Waals surface area (Å²) in [4.78, 5) is 4.23. The Morgan fingerprint density at radius 1 is 1.19 bits per heavy atom. The average molecular weight is 213 g/mol. The number of hydrogen-bond donors (Lipinski definition) is 2. The highest BCUT2D eigenvalue weighted by Gasteiger charge is 2.03. The first kappa shape index (κ1) is 10.5. The van der Waals surface area contributed by atoms with Crippen LogP contribution in [0.3, 0.4) is 0 Å². The van der Waals surface area contributed by atoms with Crippen molar-refractivity contribution in [2.45, 2.75) is 13.8 Å². The molecule has 3 nitrogen and oxygen atoms in total. The molecule has 0 unspecified atom stereocenters. The molecule has 0 saturated heterocycles. The molecule has 3 heteroatoms. The Morgan fingerprint density at radius 2 is 2.00 bits per heavy atom. The molecule has 2 aromatic rings. The van der Waals surface area contributed by atoms with E-state index in [2.05, 4.69) is 29.4 Å². The van der Waals surface area contributed by atoms with Gasteiger partial charge in [-0.3, -0.25) is 0 Å². The molecule has 0 radical (unpaired) electrons. The third kappa shape index (κ3) is 2.14. The molecule has 1 aromatic heterocycles. The minimum Gasteiger partial charge on any atom is -0.396 e. The summed E-state index contributed by atoms with van der Waals surface area (Å²) in [7, 11) is 0. The lowest BCUT2D eigenvalue weighted by molar-refractivity contribution is 1.27. The molecule has 2 rings (SSSR count). The van der Waals surface area contributed by atoms with Crippen molar-refractivity contribution in [3.63, 3.8) is 0 Å². The third-order valence-electron chi connectivity index (χ3n) is 2.49. The van der Waals surface area contributed by atoms with Crippen LogP contribution in [0.1, 0.15) is 11.1 Å². The summed E-state index contributed by atoms with van der Waals surface area (Å²) in [5.41, 5.74) is 9.88. The maximum absolute atomic E-state index is 5.94.